The van der Waals surface area contributed by atoms with E-state index < -0.39 is 16.0 Å². The van der Waals surface area contributed by atoms with Crippen molar-refractivity contribution in [1.82, 2.24) is 4.98 Å². The third-order valence-electron chi connectivity index (χ3n) is 1.59. The lowest BCUT2D eigenvalue weighted by Gasteiger charge is -2.07. The van der Waals surface area contributed by atoms with Crippen LogP contribution in [0.4, 0.5) is 5.82 Å². The number of carbonyl (C=O) groups is 1. The molecule has 0 atom stereocenters. The van der Waals surface area contributed by atoms with Crippen molar-refractivity contribution in [3.63, 3.8) is 0 Å². The number of nitrogens with zero attached hydrogens (tertiary/aromatic N) is 1. The Morgan fingerprint density at radius 1 is 1.56 bits per heavy atom. The van der Waals surface area contributed by atoms with E-state index in [9.17, 15) is 13.2 Å². The summed E-state index contributed by atoms with van der Waals surface area (Å²) in [5, 5.41) is 0. The van der Waals surface area contributed by atoms with Gasteiger partial charge in [-0.3, -0.25) is 4.72 Å². The largest absolute Gasteiger partial charge is 0.462 e. The summed E-state index contributed by atoms with van der Waals surface area (Å²) in [6.45, 7) is 1.88. The van der Waals surface area contributed by atoms with Crippen LogP contribution in [0.15, 0.2) is 18.3 Å². The van der Waals surface area contributed by atoms with Gasteiger partial charge < -0.3 is 4.74 Å². The SMILES string of the molecule is CCOC(=O)c1cccnc1NS(C)(=O)=O. The number of esters is 1. The van der Waals surface area contributed by atoms with Crippen LogP contribution in [0.5, 0.6) is 0 Å². The first-order valence-corrected chi connectivity index (χ1v) is 6.43. The number of hydrogen-bond acceptors (Lipinski definition) is 5. The molecule has 0 amide bonds. The van der Waals surface area contributed by atoms with E-state index >= 15 is 0 Å². The molecule has 1 aromatic rings. The van der Waals surface area contributed by atoms with Gasteiger partial charge in [-0.2, -0.15) is 0 Å². The number of rotatable bonds is 4. The molecule has 0 unspecified atom stereocenters. The van der Waals surface area contributed by atoms with Gasteiger partial charge >= 0.3 is 5.97 Å². The summed E-state index contributed by atoms with van der Waals surface area (Å²) >= 11 is 0. The van der Waals surface area contributed by atoms with Gasteiger partial charge in [0, 0.05) is 6.20 Å². The molecule has 0 fully saturated rings. The van der Waals surface area contributed by atoms with E-state index in [2.05, 4.69) is 9.71 Å². The highest BCUT2D eigenvalue weighted by atomic mass is 32.2. The minimum absolute atomic E-state index is 0.0246. The fourth-order valence-corrected chi connectivity index (χ4v) is 1.55. The van der Waals surface area contributed by atoms with Crippen LogP contribution < -0.4 is 4.72 Å². The fraction of sp³-hybridized carbons (Fsp3) is 0.333. The predicted molar refractivity (Wildman–Crippen MR) is 58.7 cm³/mol. The summed E-state index contributed by atoms with van der Waals surface area (Å²) in [6, 6.07) is 2.97. The molecule has 0 aliphatic heterocycles. The molecule has 0 radical (unpaired) electrons. The van der Waals surface area contributed by atoms with E-state index in [1.807, 2.05) is 0 Å². The van der Waals surface area contributed by atoms with Crippen LogP contribution in [-0.4, -0.2) is 32.2 Å². The molecule has 0 saturated heterocycles. The van der Waals surface area contributed by atoms with Crippen LogP contribution in [-0.2, 0) is 14.8 Å². The highest BCUT2D eigenvalue weighted by molar-refractivity contribution is 7.92. The minimum atomic E-state index is -3.47. The second-order valence-corrected chi connectivity index (χ2v) is 4.74. The monoisotopic (exact) mass is 244 g/mol. The first kappa shape index (κ1) is 12.4. The summed E-state index contributed by atoms with van der Waals surface area (Å²) < 4.78 is 29.0. The van der Waals surface area contributed by atoms with Gasteiger partial charge in [-0.15, -0.1) is 0 Å². The van der Waals surface area contributed by atoms with Crippen LogP contribution >= 0.6 is 0 Å². The van der Waals surface area contributed by atoms with Gasteiger partial charge in [0.25, 0.3) is 0 Å². The normalized spacial score (nSPS) is 10.9. The van der Waals surface area contributed by atoms with Crippen molar-refractivity contribution >= 4 is 21.8 Å². The molecule has 0 spiro atoms. The quantitative estimate of drug-likeness (QED) is 0.785. The molecule has 0 aliphatic carbocycles. The Morgan fingerprint density at radius 3 is 2.81 bits per heavy atom. The summed E-state index contributed by atoms with van der Waals surface area (Å²) in [7, 11) is -3.47. The molecule has 88 valence electrons. The fourth-order valence-electron chi connectivity index (χ4n) is 1.04. The van der Waals surface area contributed by atoms with E-state index in [4.69, 9.17) is 4.74 Å². The lowest BCUT2D eigenvalue weighted by atomic mass is 10.2. The first-order valence-electron chi connectivity index (χ1n) is 4.54. The number of nitrogens with one attached hydrogen (secondary N) is 1. The third-order valence-corrected chi connectivity index (χ3v) is 2.15. The lowest BCUT2D eigenvalue weighted by molar-refractivity contribution is 0.0527. The van der Waals surface area contributed by atoms with Crippen LogP contribution in [0.25, 0.3) is 0 Å². The molecule has 0 bridgehead atoms. The number of pyridine rings is 1. The Morgan fingerprint density at radius 2 is 2.25 bits per heavy atom. The molecule has 0 saturated carbocycles. The highest BCUT2D eigenvalue weighted by Gasteiger charge is 2.15. The van der Waals surface area contributed by atoms with E-state index in [1.165, 1.54) is 18.3 Å². The maximum atomic E-state index is 11.5. The average molecular weight is 244 g/mol. The van der Waals surface area contributed by atoms with Gasteiger partial charge in [0.2, 0.25) is 10.0 Å². The molecule has 1 aromatic heterocycles. The summed E-state index contributed by atoms with van der Waals surface area (Å²) in [6.07, 6.45) is 2.37. The maximum Gasteiger partial charge on any atom is 0.341 e. The van der Waals surface area contributed by atoms with Crippen molar-refractivity contribution in [2.24, 2.45) is 0 Å². The molecular formula is C9H12N2O4S. The van der Waals surface area contributed by atoms with Crippen molar-refractivity contribution in [1.29, 1.82) is 0 Å². The summed E-state index contributed by atoms with van der Waals surface area (Å²) in [5.74, 6) is -0.634. The Kier molecular flexibility index (Phi) is 3.83. The van der Waals surface area contributed by atoms with E-state index in [1.54, 1.807) is 6.92 Å². The Balaban J connectivity index is 3.05. The maximum absolute atomic E-state index is 11.5. The molecule has 0 aromatic carbocycles. The minimum Gasteiger partial charge on any atom is -0.462 e. The topological polar surface area (TPSA) is 85.4 Å². The number of carbonyl (C=O) groups excluding carboxylic acids is 1. The summed E-state index contributed by atoms with van der Waals surface area (Å²) in [4.78, 5) is 15.2. The standard InChI is InChI=1S/C9H12N2O4S/c1-3-15-9(12)7-5-4-6-10-8(7)11-16(2,13)14/h4-6H,3H2,1-2H3,(H,10,11). The summed E-state index contributed by atoms with van der Waals surface area (Å²) in [5.41, 5.74) is 0.0924. The second-order valence-electron chi connectivity index (χ2n) is 2.99. The average Bonchev–Trinajstić information content (AvgIpc) is 2.16. The van der Waals surface area contributed by atoms with Crippen molar-refractivity contribution in [3.05, 3.63) is 23.9 Å². The zero-order valence-electron chi connectivity index (χ0n) is 8.93. The number of ether oxygens (including phenoxy) is 1. The lowest BCUT2D eigenvalue weighted by Crippen LogP contribution is -2.15. The van der Waals surface area contributed by atoms with Crippen molar-refractivity contribution < 1.29 is 17.9 Å². The zero-order chi connectivity index (χ0) is 12.2. The van der Waals surface area contributed by atoms with Gasteiger partial charge in [0.05, 0.1) is 12.9 Å². The van der Waals surface area contributed by atoms with Crippen LogP contribution in [0.2, 0.25) is 0 Å². The molecule has 16 heavy (non-hydrogen) atoms. The van der Waals surface area contributed by atoms with E-state index in [0.717, 1.165) is 6.26 Å². The molecule has 0 aliphatic rings. The molecule has 1 N–H and O–H groups in total. The zero-order valence-corrected chi connectivity index (χ0v) is 9.74. The Bertz CT molecular complexity index is 484. The van der Waals surface area contributed by atoms with Gasteiger partial charge in [0.15, 0.2) is 5.82 Å². The highest BCUT2D eigenvalue weighted by Crippen LogP contribution is 2.13. The van der Waals surface area contributed by atoms with E-state index in [-0.39, 0.29) is 18.0 Å². The molecule has 1 rings (SSSR count). The van der Waals surface area contributed by atoms with Gasteiger partial charge in [-0.25, -0.2) is 18.2 Å². The van der Waals surface area contributed by atoms with Crippen molar-refractivity contribution in [2.75, 3.05) is 17.6 Å². The number of aromatic nitrogens is 1. The van der Waals surface area contributed by atoms with E-state index in [0.29, 0.717) is 0 Å². The van der Waals surface area contributed by atoms with Crippen LogP contribution in [0.3, 0.4) is 0 Å². The second kappa shape index (κ2) is 4.93. The predicted octanol–water partition coefficient (Wildman–Crippen LogP) is 0.630. The first-order chi connectivity index (χ1) is 7.44. The Labute approximate surface area is 93.7 Å². The van der Waals surface area contributed by atoms with Crippen molar-refractivity contribution in [3.8, 4) is 0 Å². The van der Waals surface area contributed by atoms with Crippen molar-refractivity contribution in [2.45, 2.75) is 6.92 Å². The van der Waals surface area contributed by atoms with Gasteiger partial charge in [-0.05, 0) is 19.1 Å². The molecule has 1 heterocycles. The molecule has 6 nitrogen and oxygen atoms in total. The number of anilines is 1. The van der Waals surface area contributed by atoms with Gasteiger partial charge in [-0.1, -0.05) is 0 Å². The van der Waals surface area contributed by atoms with Gasteiger partial charge in [0.1, 0.15) is 5.56 Å². The van der Waals surface area contributed by atoms with Crippen LogP contribution in [0.1, 0.15) is 17.3 Å². The smallest absolute Gasteiger partial charge is 0.341 e. The molecular weight excluding hydrogens is 232 g/mol. The van der Waals surface area contributed by atoms with Crippen LogP contribution in [0, 0.1) is 0 Å². The Hall–Kier alpha value is -1.63. The third kappa shape index (κ3) is 3.50. The number of hydrogen-bond donors (Lipinski definition) is 1. The number of sulfonamides is 1. The molecule has 7 heteroatoms.